The van der Waals surface area contributed by atoms with Gasteiger partial charge in [-0.1, -0.05) is 11.6 Å². The molecule has 0 fully saturated rings. The lowest BCUT2D eigenvalue weighted by Gasteiger charge is -2.12. The topological polar surface area (TPSA) is 55.4 Å². The highest BCUT2D eigenvalue weighted by Crippen LogP contribution is 2.19. The molecule has 0 aromatic carbocycles. The van der Waals surface area contributed by atoms with Crippen LogP contribution in [-0.4, -0.2) is 25.0 Å². The van der Waals surface area contributed by atoms with Crippen LogP contribution in [0.4, 0.5) is 0 Å². The van der Waals surface area contributed by atoms with Crippen molar-refractivity contribution < 1.29 is 14.3 Å². The Morgan fingerprint density at radius 1 is 1.41 bits per heavy atom. The van der Waals surface area contributed by atoms with Gasteiger partial charge in [-0.3, -0.25) is 9.59 Å². The first-order valence-corrected chi connectivity index (χ1v) is 6.32. The highest BCUT2D eigenvalue weighted by molar-refractivity contribution is 5.79. The van der Waals surface area contributed by atoms with Crippen LogP contribution < -0.4 is 5.32 Å². The Kier molecular flexibility index (Phi) is 6.37. The van der Waals surface area contributed by atoms with E-state index in [1.54, 1.807) is 6.92 Å². The van der Waals surface area contributed by atoms with Crippen LogP contribution in [0.3, 0.4) is 0 Å². The highest BCUT2D eigenvalue weighted by atomic mass is 16.5. The lowest BCUT2D eigenvalue weighted by atomic mass is 9.97. The number of amides is 1. The van der Waals surface area contributed by atoms with Crippen molar-refractivity contribution >= 4 is 11.9 Å². The van der Waals surface area contributed by atoms with Crippen LogP contribution in [0.5, 0.6) is 0 Å². The molecular formula is C13H21NO3. The van der Waals surface area contributed by atoms with Gasteiger partial charge in [0, 0.05) is 13.0 Å². The number of esters is 1. The van der Waals surface area contributed by atoms with E-state index in [1.165, 1.54) is 18.4 Å². The molecular weight excluding hydrogens is 218 g/mol. The minimum atomic E-state index is -0.260. The van der Waals surface area contributed by atoms with Crippen molar-refractivity contribution in [2.45, 2.75) is 45.4 Å². The molecule has 0 saturated carbocycles. The SMILES string of the molecule is CCOC(=O)CCNC(=O)CC1=CCCCC1. The molecule has 1 aliphatic rings. The van der Waals surface area contributed by atoms with Crippen LogP contribution in [0.1, 0.15) is 45.4 Å². The van der Waals surface area contributed by atoms with Crippen LogP contribution >= 0.6 is 0 Å². The summed E-state index contributed by atoms with van der Waals surface area (Å²) in [6, 6.07) is 0. The average Bonchev–Trinajstić information content (AvgIpc) is 2.30. The van der Waals surface area contributed by atoms with Crippen LogP contribution in [0.15, 0.2) is 11.6 Å². The quantitative estimate of drug-likeness (QED) is 0.569. The van der Waals surface area contributed by atoms with Gasteiger partial charge in [-0.2, -0.15) is 0 Å². The number of hydrogen-bond acceptors (Lipinski definition) is 3. The first-order chi connectivity index (χ1) is 8.22. The third-order valence-electron chi connectivity index (χ3n) is 2.73. The third-order valence-corrected chi connectivity index (χ3v) is 2.73. The summed E-state index contributed by atoms with van der Waals surface area (Å²) in [6.07, 6.45) is 7.42. The molecule has 1 rings (SSSR count). The van der Waals surface area contributed by atoms with Gasteiger partial charge < -0.3 is 10.1 Å². The number of carbonyl (C=O) groups excluding carboxylic acids is 2. The second-order valence-corrected chi connectivity index (χ2v) is 4.19. The van der Waals surface area contributed by atoms with Crippen molar-refractivity contribution in [1.82, 2.24) is 5.32 Å². The van der Waals surface area contributed by atoms with Crippen molar-refractivity contribution in [2.24, 2.45) is 0 Å². The monoisotopic (exact) mass is 239 g/mol. The normalized spacial score (nSPS) is 15.0. The summed E-state index contributed by atoms with van der Waals surface area (Å²) in [5, 5.41) is 2.74. The van der Waals surface area contributed by atoms with Crippen LogP contribution in [0.25, 0.3) is 0 Å². The first-order valence-electron chi connectivity index (χ1n) is 6.32. The minimum absolute atomic E-state index is 0.00227. The summed E-state index contributed by atoms with van der Waals surface area (Å²) in [4.78, 5) is 22.6. The minimum Gasteiger partial charge on any atom is -0.466 e. The highest BCUT2D eigenvalue weighted by Gasteiger charge is 2.09. The van der Waals surface area contributed by atoms with Crippen molar-refractivity contribution in [3.05, 3.63) is 11.6 Å². The molecule has 4 nitrogen and oxygen atoms in total. The van der Waals surface area contributed by atoms with Crippen molar-refractivity contribution in [3.63, 3.8) is 0 Å². The molecule has 0 unspecified atom stereocenters. The van der Waals surface area contributed by atoms with Crippen molar-refractivity contribution in [1.29, 1.82) is 0 Å². The second kappa shape index (κ2) is 7.87. The van der Waals surface area contributed by atoms with E-state index in [2.05, 4.69) is 11.4 Å². The van der Waals surface area contributed by atoms with E-state index in [0.29, 0.717) is 19.6 Å². The summed E-state index contributed by atoms with van der Waals surface area (Å²) >= 11 is 0. The second-order valence-electron chi connectivity index (χ2n) is 4.19. The maximum absolute atomic E-state index is 11.5. The van der Waals surface area contributed by atoms with Gasteiger partial charge in [0.15, 0.2) is 0 Å². The molecule has 96 valence electrons. The fourth-order valence-electron chi connectivity index (χ4n) is 1.87. The van der Waals surface area contributed by atoms with Crippen molar-refractivity contribution in [3.8, 4) is 0 Å². The smallest absolute Gasteiger partial charge is 0.307 e. The Morgan fingerprint density at radius 2 is 2.24 bits per heavy atom. The van der Waals surface area contributed by atoms with Gasteiger partial charge in [-0.25, -0.2) is 0 Å². The van der Waals surface area contributed by atoms with Gasteiger partial charge >= 0.3 is 5.97 Å². The van der Waals surface area contributed by atoms with E-state index >= 15 is 0 Å². The number of allylic oxidation sites excluding steroid dienone is 1. The molecule has 1 amide bonds. The number of nitrogens with one attached hydrogen (secondary N) is 1. The van der Waals surface area contributed by atoms with Crippen molar-refractivity contribution in [2.75, 3.05) is 13.2 Å². The maximum atomic E-state index is 11.5. The Hall–Kier alpha value is -1.32. The maximum Gasteiger partial charge on any atom is 0.307 e. The molecule has 0 heterocycles. The summed E-state index contributed by atoms with van der Waals surface area (Å²) in [7, 11) is 0. The fourth-order valence-corrected chi connectivity index (χ4v) is 1.87. The zero-order chi connectivity index (χ0) is 12.5. The molecule has 0 spiro atoms. The molecule has 0 aromatic heterocycles. The molecule has 0 aliphatic heterocycles. The van der Waals surface area contributed by atoms with Gasteiger partial charge in [-0.05, 0) is 32.6 Å². The van der Waals surface area contributed by atoms with E-state index in [-0.39, 0.29) is 18.3 Å². The number of carbonyl (C=O) groups is 2. The third kappa shape index (κ3) is 6.09. The predicted octanol–water partition coefficient (Wildman–Crippen LogP) is 1.95. The largest absolute Gasteiger partial charge is 0.466 e. The summed E-state index contributed by atoms with van der Waals surface area (Å²) in [5.41, 5.74) is 1.23. The molecule has 0 atom stereocenters. The first kappa shape index (κ1) is 13.7. The molecule has 0 radical (unpaired) electrons. The van der Waals surface area contributed by atoms with E-state index in [1.807, 2.05) is 0 Å². The zero-order valence-corrected chi connectivity index (χ0v) is 10.5. The van der Waals surface area contributed by atoms with Crippen LogP contribution in [-0.2, 0) is 14.3 Å². The van der Waals surface area contributed by atoms with E-state index < -0.39 is 0 Å². The average molecular weight is 239 g/mol. The molecule has 17 heavy (non-hydrogen) atoms. The summed E-state index contributed by atoms with van der Waals surface area (Å²) < 4.78 is 4.77. The Bertz CT molecular complexity index is 297. The standard InChI is InChI=1S/C13H21NO3/c1-2-17-13(16)8-9-14-12(15)10-11-6-4-3-5-7-11/h6H,2-5,7-10H2,1H3,(H,14,15). The molecule has 0 bridgehead atoms. The Balaban J connectivity index is 2.12. The van der Waals surface area contributed by atoms with Gasteiger partial charge in [0.1, 0.15) is 0 Å². The fraction of sp³-hybridized carbons (Fsp3) is 0.692. The summed E-state index contributed by atoms with van der Waals surface area (Å²) in [5.74, 6) is -0.257. The Labute approximate surface area is 102 Å². The molecule has 1 aliphatic carbocycles. The summed E-state index contributed by atoms with van der Waals surface area (Å²) in [6.45, 7) is 2.52. The molecule has 0 saturated heterocycles. The van der Waals surface area contributed by atoms with Crippen LogP contribution in [0.2, 0.25) is 0 Å². The Morgan fingerprint density at radius 3 is 2.88 bits per heavy atom. The molecule has 1 N–H and O–H groups in total. The van der Waals surface area contributed by atoms with Gasteiger partial charge in [0.05, 0.1) is 13.0 Å². The van der Waals surface area contributed by atoms with Gasteiger partial charge in [-0.15, -0.1) is 0 Å². The lowest BCUT2D eigenvalue weighted by molar-refractivity contribution is -0.143. The lowest BCUT2D eigenvalue weighted by Crippen LogP contribution is -2.26. The zero-order valence-electron chi connectivity index (χ0n) is 10.5. The number of hydrogen-bond donors (Lipinski definition) is 1. The predicted molar refractivity (Wildman–Crippen MR) is 65.4 cm³/mol. The van der Waals surface area contributed by atoms with Gasteiger partial charge in [0.25, 0.3) is 0 Å². The molecule has 4 heteroatoms. The number of rotatable bonds is 6. The van der Waals surface area contributed by atoms with Gasteiger partial charge in [0.2, 0.25) is 5.91 Å². The molecule has 0 aromatic rings. The number of ether oxygens (including phenoxy) is 1. The van der Waals surface area contributed by atoms with E-state index in [4.69, 9.17) is 4.74 Å². The van der Waals surface area contributed by atoms with E-state index in [9.17, 15) is 9.59 Å². The van der Waals surface area contributed by atoms with Crippen LogP contribution in [0, 0.1) is 0 Å². The van der Waals surface area contributed by atoms with E-state index in [0.717, 1.165) is 12.8 Å².